The highest BCUT2D eigenvalue weighted by Gasteiger charge is 2.29. The number of nitriles is 1. The molecule has 0 bridgehead atoms. The third-order valence-electron chi connectivity index (χ3n) is 9.84. The molecule has 1 atom stereocenters. The van der Waals surface area contributed by atoms with Gasteiger partial charge in [0.05, 0.1) is 17.3 Å². The van der Waals surface area contributed by atoms with Crippen LogP contribution in [-0.4, -0.2) is 44.3 Å². The number of carbonyl (C=O) groups is 3. The maximum Gasteiger partial charge on any atom is 0.246 e. The number of piperidine rings is 2. The second-order valence-electron chi connectivity index (χ2n) is 13.2. The number of halogens is 2. The van der Waals surface area contributed by atoms with Gasteiger partial charge in [-0.15, -0.1) is 0 Å². The van der Waals surface area contributed by atoms with E-state index in [-0.39, 0.29) is 23.4 Å². The smallest absolute Gasteiger partial charge is 0.246 e. The molecule has 2 amide bonds. The van der Waals surface area contributed by atoms with Crippen LogP contribution in [0.4, 0.5) is 20.2 Å². The van der Waals surface area contributed by atoms with Crippen LogP contribution in [0, 0.1) is 28.9 Å². The van der Waals surface area contributed by atoms with Crippen molar-refractivity contribution in [3.8, 4) is 6.07 Å². The Bertz CT molecular complexity index is 2000. The fourth-order valence-corrected chi connectivity index (χ4v) is 6.93. The fourth-order valence-electron chi connectivity index (χ4n) is 6.93. The van der Waals surface area contributed by atoms with Crippen LogP contribution in [0.15, 0.2) is 79.0 Å². The number of likely N-dealkylation sites (N-methyl/N-ethyl adjacent to an activating group) is 1. The summed E-state index contributed by atoms with van der Waals surface area (Å²) < 4.78 is 30.1. The highest BCUT2D eigenvalue weighted by Crippen LogP contribution is 2.35. The summed E-state index contributed by atoms with van der Waals surface area (Å²) in [6, 6.07) is 21.0. The lowest BCUT2D eigenvalue weighted by molar-refractivity contribution is -0.122. The van der Waals surface area contributed by atoms with Gasteiger partial charge in [0, 0.05) is 55.3 Å². The van der Waals surface area contributed by atoms with Crippen molar-refractivity contribution < 1.29 is 23.2 Å². The van der Waals surface area contributed by atoms with Crippen LogP contribution in [0.3, 0.4) is 0 Å². The number of primary amides is 1. The molecule has 4 aromatic carbocycles. The standard InChI is InChI=1S/C38H36F2N4O2.C3H7NO/c1-24-6-11-36(38(46)42-24)43(2)35-13-10-28(31-5-3-4-30(23-45)37(31)35)21-29-9-7-26(19-32(29)39)18-25-14-16-44(17-15-25)34-12-8-27(22-41)20-33(34)40;1-2-3(4)5/h3-5,7-10,12-13,19-20,23,25,36H,1,6,11,14-18,21H2,2H3,(H,42,46);2H2,1H3,(H2,4,5)/t36-;/m0./s1. The summed E-state index contributed by atoms with van der Waals surface area (Å²) in [5.41, 5.74) is 9.88. The fraction of sp³-hybridized carbons (Fsp3) is 0.317. The van der Waals surface area contributed by atoms with Crippen LogP contribution in [0.5, 0.6) is 0 Å². The molecule has 0 saturated carbocycles. The molecule has 264 valence electrons. The maximum absolute atomic E-state index is 15.6. The minimum absolute atomic E-state index is 0.118. The van der Waals surface area contributed by atoms with E-state index in [0.29, 0.717) is 72.8 Å². The number of anilines is 2. The van der Waals surface area contributed by atoms with Crippen molar-refractivity contribution in [1.29, 1.82) is 5.26 Å². The van der Waals surface area contributed by atoms with E-state index in [1.54, 1.807) is 31.2 Å². The van der Waals surface area contributed by atoms with E-state index in [2.05, 4.69) is 17.6 Å². The van der Waals surface area contributed by atoms with Crippen LogP contribution in [0.2, 0.25) is 0 Å². The summed E-state index contributed by atoms with van der Waals surface area (Å²) in [5.74, 6) is -0.648. The largest absolute Gasteiger partial charge is 0.370 e. The van der Waals surface area contributed by atoms with Crippen molar-refractivity contribution in [3.63, 3.8) is 0 Å². The number of hydrogen-bond donors (Lipinski definition) is 2. The summed E-state index contributed by atoms with van der Waals surface area (Å²) in [4.78, 5) is 38.4. The van der Waals surface area contributed by atoms with Crippen molar-refractivity contribution >= 4 is 40.2 Å². The summed E-state index contributed by atoms with van der Waals surface area (Å²) in [7, 11) is 1.86. The molecular formula is C41H43F2N5O3. The Kier molecular flexibility index (Phi) is 11.8. The van der Waals surface area contributed by atoms with Gasteiger partial charge < -0.3 is 20.9 Å². The van der Waals surface area contributed by atoms with E-state index in [9.17, 15) is 18.8 Å². The molecule has 2 aliphatic heterocycles. The first kappa shape index (κ1) is 36.7. The second kappa shape index (κ2) is 16.4. The third kappa shape index (κ3) is 8.61. The highest BCUT2D eigenvalue weighted by atomic mass is 19.1. The van der Waals surface area contributed by atoms with Gasteiger partial charge in [-0.3, -0.25) is 14.4 Å². The Hall–Kier alpha value is -5.56. The molecule has 51 heavy (non-hydrogen) atoms. The van der Waals surface area contributed by atoms with Gasteiger partial charge in [0.1, 0.15) is 17.7 Å². The molecule has 0 aromatic heterocycles. The number of carbonyl (C=O) groups excluding carboxylic acids is 3. The molecule has 2 fully saturated rings. The zero-order valence-electron chi connectivity index (χ0n) is 29.1. The highest BCUT2D eigenvalue weighted by molar-refractivity contribution is 6.07. The molecule has 4 aromatic rings. The summed E-state index contributed by atoms with van der Waals surface area (Å²) in [6.45, 7) is 7.01. The van der Waals surface area contributed by atoms with Crippen LogP contribution < -0.4 is 20.9 Å². The van der Waals surface area contributed by atoms with E-state index < -0.39 is 6.04 Å². The number of allylic oxidation sites excluding steroid dienone is 1. The van der Waals surface area contributed by atoms with Gasteiger partial charge >= 0.3 is 0 Å². The molecule has 6 rings (SSSR count). The normalized spacial score (nSPS) is 16.1. The van der Waals surface area contributed by atoms with Crippen molar-refractivity contribution in [1.82, 2.24) is 5.32 Å². The van der Waals surface area contributed by atoms with Gasteiger partial charge in [-0.25, -0.2) is 8.78 Å². The van der Waals surface area contributed by atoms with Crippen molar-refractivity contribution in [3.05, 3.63) is 118 Å². The Morgan fingerprint density at radius 3 is 2.41 bits per heavy atom. The Morgan fingerprint density at radius 1 is 1.06 bits per heavy atom. The molecule has 0 spiro atoms. The first-order valence-corrected chi connectivity index (χ1v) is 17.2. The third-order valence-corrected chi connectivity index (χ3v) is 9.84. The molecule has 0 unspecified atom stereocenters. The summed E-state index contributed by atoms with van der Waals surface area (Å²) >= 11 is 0. The molecule has 2 heterocycles. The second-order valence-corrected chi connectivity index (χ2v) is 13.2. The first-order valence-electron chi connectivity index (χ1n) is 17.2. The molecule has 3 N–H and O–H groups in total. The number of benzene rings is 4. The number of fused-ring (bicyclic) bond motifs is 1. The number of nitrogens with zero attached hydrogens (tertiary/aromatic N) is 3. The predicted molar refractivity (Wildman–Crippen MR) is 196 cm³/mol. The van der Waals surface area contributed by atoms with E-state index in [1.807, 2.05) is 59.3 Å². The Balaban J connectivity index is 0.000000943. The molecule has 8 nitrogen and oxygen atoms in total. The van der Waals surface area contributed by atoms with Crippen LogP contribution in [0.1, 0.15) is 71.6 Å². The van der Waals surface area contributed by atoms with E-state index in [1.165, 1.54) is 6.07 Å². The SMILES string of the molecule is C=C1CC[C@H](N(C)c2ccc(Cc3ccc(CC4CCN(c5ccc(C#N)cc5F)CC4)cc3F)c3cccc(C=O)c23)C(=O)N1.CCC(N)=O. The van der Waals surface area contributed by atoms with Crippen molar-refractivity contribution in [2.75, 3.05) is 29.9 Å². The molecule has 0 radical (unpaired) electrons. The molecular weight excluding hydrogens is 648 g/mol. The number of nitrogens with two attached hydrogens (primary N) is 1. The topological polar surface area (TPSA) is 120 Å². The quantitative estimate of drug-likeness (QED) is 0.183. The number of rotatable bonds is 9. The monoisotopic (exact) mass is 691 g/mol. The number of amides is 2. The minimum atomic E-state index is -0.395. The number of aldehydes is 1. The van der Waals surface area contributed by atoms with Crippen molar-refractivity contribution in [2.24, 2.45) is 11.7 Å². The van der Waals surface area contributed by atoms with E-state index >= 15 is 4.39 Å². The van der Waals surface area contributed by atoms with Crippen LogP contribution in [-0.2, 0) is 22.4 Å². The molecule has 2 aliphatic rings. The Morgan fingerprint density at radius 2 is 1.78 bits per heavy atom. The lowest BCUT2D eigenvalue weighted by atomic mass is 9.89. The van der Waals surface area contributed by atoms with Gasteiger partial charge in [0.2, 0.25) is 11.8 Å². The lowest BCUT2D eigenvalue weighted by Gasteiger charge is -2.34. The first-order chi connectivity index (χ1) is 24.5. The Labute approximate surface area is 297 Å². The minimum Gasteiger partial charge on any atom is -0.370 e. The molecule has 10 heteroatoms. The summed E-state index contributed by atoms with van der Waals surface area (Å²) in [6.07, 6.45) is 5.41. The van der Waals surface area contributed by atoms with E-state index in [4.69, 9.17) is 5.26 Å². The van der Waals surface area contributed by atoms with Crippen molar-refractivity contribution in [2.45, 2.75) is 57.9 Å². The van der Waals surface area contributed by atoms with Crippen LogP contribution in [0.25, 0.3) is 10.8 Å². The van der Waals surface area contributed by atoms with E-state index in [0.717, 1.165) is 53.1 Å². The number of hydrogen-bond acceptors (Lipinski definition) is 6. The molecule has 2 saturated heterocycles. The van der Waals surface area contributed by atoms with Gasteiger partial charge in [-0.2, -0.15) is 5.26 Å². The zero-order valence-corrected chi connectivity index (χ0v) is 29.1. The number of nitrogens with one attached hydrogen (secondary N) is 1. The predicted octanol–water partition coefficient (Wildman–Crippen LogP) is 6.96. The van der Waals surface area contributed by atoms with Gasteiger partial charge in [-0.1, -0.05) is 49.9 Å². The zero-order chi connectivity index (χ0) is 36.7. The van der Waals surface area contributed by atoms with Gasteiger partial charge in [0.15, 0.2) is 6.29 Å². The van der Waals surface area contributed by atoms with Crippen LogP contribution >= 0.6 is 0 Å². The lowest BCUT2D eigenvalue weighted by Crippen LogP contribution is -2.48. The van der Waals surface area contributed by atoms with Gasteiger partial charge in [0.25, 0.3) is 0 Å². The maximum atomic E-state index is 15.6. The van der Waals surface area contributed by atoms with Gasteiger partial charge in [-0.05, 0) is 90.4 Å². The molecule has 0 aliphatic carbocycles. The average molecular weight is 692 g/mol. The average Bonchev–Trinajstić information content (AvgIpc) is 3.13. The summed E-state index contributed by atoms with van der Waals surface area (Å²) in [5, 5.41) is 13.4.